The highest BCUT2D eigenvalue weighted by molar-refractivity contribution is 7.80. The van der Waals surface area contributed by atoms with Gasteiger partial charge in [-0.3, -0.25) is 9.76 Å². The maximum Gasteiger partial charge on any atom is 0.415 e. The van der Waals surface area contributed by atoms with E-state index in [0.717, 1.165) is 5.64 Å². The van der Waals surface area contributed by atoms with Crippen molar-refractivity contribution in [3.05, 3.63) is 0 Å². The highest BCUT2D eigenvalue weighted by Crippen LogP contribution is 1.74. The van der Waals surface area contributed by atoms with Gasteiger partial charge in [0.05, 0.1) is 0 Å². The predicted molar refractivity (Wildman–Crippen MR) is 17.6 cm³/mol. The number of hydrogen-bond acceptors (Lipinski definition) is 5. The topological polar surface area (TPSA) is 95.9 Å². The average molecular weight is 130 g/mol. The molecule has 0 rings (SSSR count). The SMILES string of the molecule is O=S(=O)(O)O[15NH]O. The molecular weight excluding hydrogens is 127 g/mol. The van der Waals surface area contributed by atoms with Gasteiger partial charge < -0.3 is 0 Å². The van der Waals surface area contributed by atoms with E-state index in [0.29, 0.717) is 0 Å². The molecule has 0 atom stereocenters. The third kappa shape index (κ3) is 5.79. The van der Waals surface area contributed by atoms with Crippen LogP contribution in [0.1, 0.15) is 0 Å². The molecule has 0 aliphatic carbocycles. The second-order valence-electron chi connectivity index (χ2n) is 0.602. The molecule has 7 heteroatoms. The van der Waals surface area contributed by atoms with Crippen LogP contribution < -0.4 is 5.64 Å². The van der Waals surface area contributed by atoms with Crippen molar-refractivity contribution in [2.45, 2.75) is 0 Å². The van der Waals surface area contributed by atoms with Crippen molar-refractivity contribution in [3.8, 4) is 0 Å². The summed E-state index contributed by atoms with van der Waals surface area (Å²) in [5.74, 6) is 0. The molecule has 0 unspecified atom stereocenters. The zero-order chi connectivity index (χ0) is 5.91. The van der Waals surface area contributed by atoms with Crippen molar-refractivity contribution >= 4 is 10.4 Å². The van der Waals surface area contributed by atoms with Gasteiger partial charge >= 0.3 is 10.4 Å². The van der Waals surface area contributed by atoms with Crippen LogP contribution in [-0.4, -0.2) is 18.2 Å². The summed E-state index contributed by atoms with van der Waals surface area (Å²) in [6, 6.07) is 0. The van der Waals surface area contributed by atoms with E-state index >= 15 is 0 Å². The Morgan fingerprint density at radius 1 is 1.57 bits per heavy atom. The fraction of sp³-hybridized carbons (Fsp3) is 0. The van der Waals surface area contributed by atoms with E-state index in [1.165, 1.54) is 0 Å². The van der Waals surface area contributed by atoms with Gasteiger partial charge in [-0.25, -0.2) is 0 Å². The van der Waals surface area contributed by atoms with E-state index in [2.05, 4.69) is 4.28 Å². The third-order valence-corrected chi connectivity index (χ3v) is 0.428. The smallest absolute Gasteiger partial charge is 0.291 e. The van der Waals surface area contributed by atoms with Gasteiger partial charge in [0.1, 0.15) is 0 Å². The van der Waals surface area contributed by atoms with E-state index < -0.39 is 10.4 Å². The van der Waals surface area contributed by atoms with Crippen molar-refractivity contribution < 1.29 is 22.5 Å². The Bertz CT molecular complexity index is 121. The summed E-state index contributed by atoms with van der Waals surface area (Å²) < 4.78 is 29.3. The third-order valence-electron chi connectivity index (χ3n) is 0.143. The van der Waals surface area contributed by atoms with Gasteiger partial charge in [0.25, 0.3) is 0 Å². The Morgan fingerprint density at radius 3 is 2.00 bits per heavy atom. The van der Waals surface area contributed by atoms with E-state index in [-0.39, 0.29) is 0 Å². The van der Waals surface area contributed by atoms with Crippen LogP contribution >= 0.6 is 0 Å². The summed E-state index contributed by atoms with van der Waals surface area (Å²) in [5, 5.41) is 7.39. The number of hydrogen-bond donors (Lipinski definition) is 3. The molecule has 0 saturated carbocycles. The van der Waals surface area contributed by atoms with E-state index in [4.69, 9.17) is 9.76 Å². The van der Waals surface area contributed by atoms with Crippen molar-refractivity contribution in [1.82, 2.24) is 5.64 Å². The lowest BCUT2D eigenvalue weighted by atomic mass is 14.0. The molecule has 0 bridgehead atoms. The Kier molecular flexibility index (Phi) is 2.12. The lowest BCUT2D eigenvalue weighted by Crippen LogP contribution is -2.14. The second-order valence-corrected chi connectivity index (χ2v) is 1.62. The van der Waals surface area contributed by atoms with Crippen LogP contribution in [-0.2, 0) is 14.7 Å². The normalized spacial score (nSPS) is 11.7. The molecule has 0 spiro atoms. The molecule has 0 aromatic carbocycles. The Hall–Kier alpha value is -0.210. The predicted octanol–water partition coefficient (Wildman–Crippen LogP) is -1.30. The fourth-order valence-electron chi connectivity index (χ4n) is 0.0471. The van der Waals surface area contributed by atoms with Gasteiger partial charge in [0.2, 0.25) is 0 Å². The first-order valence-electron chi connectivity index (χ1n) is 1.11. The maximum absolute atomic E-state index is 9.34. The molecule has 0 saturated heterocycles. The fourth-order valence-corrected chi connectivity index (χ4v) is 0.141. The molecule has 0 fully saturated rings. The first-order valence-corrected chi connectivity index (χ1v) is 2.48. The van der Waals surface area contributed by atoms with Crippen LogP contribution in [0.4, 0.5) is 0 Å². The van der Waals surface area contributed by atoms with E-state index in [9.17, 15) is 8.42 Å². The number of nitrogens with one attached hydrogen (secondary N) is 1. The van der Waals surface area contributed by atoms with Gasteiger partial charge in [-0.05, 0) is 0 Å². The Labute approximate surface area is 39.6 Å². The second kappa shape index (κ2) is 2.19. The van der Waals surface area contributed by atoms with Crippen molar-refractivity contribution in [2.75, 3.05) is 0 Å². The quantitative estimate of drug-likeness (QED) is 0.244. The minimum Gasteiger partial charge on any atom is -0.291 e. The molecule has 0 aromatic heterocycles. The summed E-state index contributed by atoms with van der Waals surface area (Å²) in [4.78, 5) is 0. The van der Waals surface area contributed by atoms with Crippen LogP contribution in [0.2, 0.25) is 0 Å². The monoisotopic (exact) mass is 130 g/mol. The van der Waals surface area contributed by atoms with Gasteiger partial charge in [0, 0.05) is 0 Å². The molecule has 7 heavy (non-hydrogen) atoms. The highest BCUT2D eigenvalue weighted by Gasteiger charge is 1.99. The molecular formula is H3NO5S. The first-order chi connectivity index (χ1) is 3.06. The Morgan fingerprint density at radius 2 is 2.00 bits per heavy atom. The first kappa shape index (κ1) is 6.79. The maximum atomic E-state index is 9.34. The molecule has 0 aromatic rings. The standard InChI is InChI=1S/H3NO5S/c2-1-6-7(3,4)5/h1-2H,(H,3,4,5)/i1+1. The minimum absolute atomic E-state index is 0.770. The van der Waals surface area contributed by atoms with Gasteiger partial charge in [0.15, 0.2) is 0 Å². The summed E-state index contributed by atoms with van der Waals surface area (Å²) in [6.07, 6.45) is 0. The zero-order valence-corrected chi connectivity index (χ0v) is 3.84. The molecule has 3 N–H and O–H groups in total. The lowest BCUT2D eigenvalue weighted by molar-refractivity contribution is -0.0456. The molecule has 0 aliphatic heterocycles. The average Bonchev–Trinajstić information content (AvgIpc) is 1.30. The van der Waals surface area contributed by atoms with Gasteiger partial charge in [-0.2, -0.15) is 8.42 Å². The van der Waals surface area contributed by atoms with Crippen LogP contribution in [0.3, 0.4) is 0 Å². The summed E-state index contributed by atoms with van der Waals surface area (Å²) in [7, 11) is -4.54. The van der Waals surface area contributed by atoms with Crippen LogP contribution in [0.5, 0.6) is 0 Å². The zero-order valence-electron chi connectivity index (χ0n) is 3.03. The minimum atomic E-state index is -4.54. The van der Waals surface area contributed by atoms with E-state index in [1.807, 2.05) is 0 Å². The summed E-state index contributed by atoms with van der Waals surface area (Å²) >= 11 is 0. The van der Waals surface area contributed by atoms with Crippen LogP contribution in [0, 0.1) is 0 Å². The largest absolute Gasteiger partial charge is 0.415 e. The van der Waals surface area contributed by atoms with E-state index in [1.54, 1.807) is 0 Å². The molecule has 0 amide bonds. The van der Waals surface area contributed by atoms with Gasteiger partial charge in [-0.15, -0.1) is 4.28 Å². The molecule has 0 radical (unpaired) electrons. The van der Waals surface area contributed by atoms with Crippen molar-refractivity contribution in [3.63, 3.8) is 0 Å². The van der Waals surface area contributed by atoms with Gasteiger partial charge in [-0.1, -0.05) is 5.64 Å². The van der Waals surface area contributed by atoms with Crippen molar-refractivity contribution in [2.24, 2.45) is 0 Å². The summed E-state index contributed by atoms with van der Waals surface area (Å²) in [5.41, 5.74) is 0.770. The summed E-state index contributed by atoms with van der Waals surface area (Å²) in [6.45, 7) is 0. The van der Waals surface area contributed by atoms with Crippen LogP contribution in [0.25, 0.3) is 0 Å². The molecule has 6 nitrogen and oxygen atoms in total. The Balaban J connectivity index is 3.60. The van der Waals surface area contributed by atoms with Crippen molar-refractivity contribution in [1.29, 1.82) is 0 Å². The number of rotatable bonds is 2. The molecule has 44 valence electrons. The molecule has 0 heterocycles. The lowest BCUT2D eigenvalue weighted by Gasteiger charge is -1.88. The molecule has 0 aliphatic rings. The highest BCUT2D eigenvalue weighted by atomic mass is 32.3. The van der Waals surface area contributed by atoms with Crippen LogP contribution in [0.15, 0.2) is 0 Å².